The van der Waals surface area contributed by atoms with E-state index in [2.05, 4.69) is 25.9 Å². The highest BCUT2D eigenvalue weighted by Crippen LogP contribution is 2.21. The van der Waals surface area contributed by atoms with Crippen LogP contribution in [0.1, 0.15) is 34.1 Å². The number of carbonyl (C=O) groups is 1. The highest BCUT2D eigenvalue weighted by atomic mass is 16.6. The third kappa shape index (κ3) is 4.50. The molecule has 0 aliphatic heterocycles. The van der Waals surface area contributed by atoms with Gasteiger partial charge < -0.3 is 10.6 Å². The maximum absolute atomic E-state index is 10.3. The van der Waals surface area contributed by atoms with Crippen LogP contribution < -0.4 is 5.73 Å². The molecule has 0 aliphatic carbocycles. The fourth-order valence-electron chi connectivity index (χ4n) is 0.572. The van der Waals surface area contributed by atoms with E-state index in [1.165, 1.54) is 0 Å². The minimum Gasteiger partial charge on any atom is -0.386 e. The van der Waals surface area contributed by atoms with E-state index >= 15 is 0 Å². The molecule has 4 nitrogen and oxygen atoms in total. The van der Waals surface area contributed by atoms with Crippen molar-refractivity contribution in [2.45, 2.75) is 34.1 Å². The molecule has 0 heterocycles. The van der Waals surface area contributed by atoms with E-state index in [1.807, 2.05) is 6.92 Å². The number of primary amides is 1. The van der Waals surface area contributed by atoms with Crippen molar-refractivity contribution in [2.24, 2.45) is 16.3 Å². The molecule has 0 unspecified atom stereocenters. The molecule has 0 aromatic carbocycles. The zero-order valence-corrected chi connectivity index (χ0v) is 8.76. The molecule has 0 bridgehead atoms. The van der Waals surface area contributed by atoms with E-state index in [4.69, 9.17) is 10.6 Å². The van der Waals surface area contributed by atoms with E-state index < -0.39 is 5.91 Å². The molecular formula is C9H18N2O2. The van der Waals surface area contributed by atoms with Gasteiger partial charge in [-0.1, -0.05) is 25.9 Å². The average molecular weight is 186 g/mol. The SMILES string of the molecule is CCC(C)(C)/C(C)=N/OCC(N)=O. The first kappa shape index (κ1) is 11.9. The summed E-state index contributed by atoms with van der Waals surface area (Å²) in [6.45, 7) is 7.94. The second kappa shape index (κ2) is 4.84. The largest absolute Gasteiger partial charge is 0.386 e. The molecule has 0 saturated carbocycles. The van der Waals surface area contributed by atoms with Crippen LogP contribution >= 0.6 is 0 Å². The van der Waals surface area contributed by atoms with E-state index in [0.717, 1.165) is 12.1 Å². The number of rotatable bonds is 5. The predicted molar refractivity (Wildman–Crippen MR) is 52.3 cm³/mol. The van der Waals surface area contributed by atoms with Gasteiger partial charge in [-0.15, -0.1) is 0 Å². The number of nitrogens with two attached hydrogens (primary N) is 1. The Bertz CT molecular complexity index is 210. The van der Waals surface area contributed by atoms with Crippen molar-refractivity contribution in [3.05, 3.63) is 0 Å². The Morgan fingerprint density at radius 3 is 2.46 bits per heavy atom. The van der Waals surface area contributed by atoms with E-state index in [0.29, 0.717) is 0 Å². The normalized spacial score (nSPS) is 12.8. The molecule has 0 radical (unpaired) electrons. The first-order chi connectivity index (χ1) is 5.90. The van der Waals surface area contributed by atoms with E-state index in [9.17, 15) is 4.79 Å². The fraction of sp³-hybridized carbons (Fsp3) is 0.778. The molecule has 4 heteroatoms. The van der Waals surface area contributed by atoms with Gasteiger partial charge in [0.05, 0.1) is 5.71 Å². The third-order valence-corrected chi connectivity index (χ3v) is 2.27. The van der Waals surface area contributed by atoms with Crippen LogP contribution in [0, 0.1) is 5.41 Å². The molecule has 0 spiro atoms. The van der Waals surface area contributed by atoms with Gasteiger partial charge in [0.1, 0.15) is 0 Å². The summed E-state index contributed by atoms with van der Waals surface area (Å²) in [5, 5.41) is 3.82. The minimum absolute atomic E-state index is 0.0116. The van der Waals surface area contributed by atoms with Gasteiger partial charge in [0.2, 0.25) is 0 Å². The van der Waals surface area contributed by atoms with Crippen molar-refractivity contribution >= 4 is 11.6 Å². The molecule has 13 heavy (non-hydrogen) atoms. The molecule has 0 aromatic rings. The van der Waals surface area contributed by atoms with E-state index in [-0.39, 0.29) is 12.0 Å². The predicted octanol–water partition coefficient (Wildman–Crippen LogP) is 1.30. The van der Waals surface area contributed by atoms with Crippen LogP contribution in [0.4, 0.5) is 0 Å². The summed E-state index contributed by atoms with van der Waals surface area (Å²) in [5.74, 6) is -0.508. The monoisotopic (exact) mass is 186 g/mol. The summed E-state index contributed by atoms with van der Waals surface area (Å²) in [6, 6.07) is 0. The summed E-state index contributed by atoms with van der Waals surface area (Å²) in [4.78, 5) is 15.1. The van der Waals surface area contributed by atoms with Crippen LogP contribution in [0.5, 0.6) is 0 Å². The Balaban J connectivity index is 4.09. The van der Waals surface area contributed by atoms with E-state index in [1.54, 1.807) is 0 Å². The lowest BCUT2D eigenvalue weighted by Gasteiger charge is -2.21. The van der Waals surface area contributed by atoms with Crippen molar-refractivity contribution in [3.63, 3.8) is 0 Å². The summed E-state index contributed by atoms with van der Waals surface area (Å²) in [6.07, 6.45) is 0.974. The van der Waals surface area contributed by atoms with Crippen LogP contribution in [-0.4, -0.2) is 18.2 Å². The zero-order valence-electron chi connectivity index (χ0n) is 8.76. The Morgan fingerprint density at radius 2 is 2.08 bits per heavy atom. The Hall–Kier alpha value is -1.06. The van der Waals surface area contributed by atoms with Crippen LogP contribution in [0.3, 0.4) is 0 Å². The summed E-state index contributed by atoms with van der Waals surface area (Å²) < 4.78 is 0. The molecule has 0 fully saturated rings. The zero-order chi connectivity index (χ0) is 10.5. The first-order valence-corrected chi connectivity index (χ1v) is 4.35. The molecular weight excluding hydrogens is 168 g/mol. The fourth-order valence-corrected chi connectivity index (χ4v) is 0.572. The second-order valence-electron chi connectivity index (χ2n) is 3.65. The van der Waals surface area contributed by atoms with Crippen molar-refractivity contribution in [1.29, 1.82) is 0 Å². The van der Waals surface area contributed by atoms with Crippen molar-refractivity contribution in [3.8, 4) is 0 Å². The topological polar surface area (TPSA) is 64.7 Å². The maximum Gasteiger partial charge on any atom is 0.258 e. The molecule has 0 rings (SSSR count). The van der Waals surface area contributed by atoms with Gasteiger partial charge in [-0.25, -0.2) is 0 Å². The van der Waals surface area contributed by atoms with Crippen LogP contribution in [-0.2, 0) is 9.63 Å². The number of nitrogens with zero attached hydrogens (tertiary/aromatic N) is 1. The number of hydrogen-bond acceptors (Lipinski definition) is 3. The number of amides is 1. The number of carbonyl (C=O) groups excluding carboxylic acids is 1. The highest BCUT2D eigenvalue weighted by molar-refractivity contribution is 5.86. The molecule has 2 N–H and O–H groups in total. The lowest BCUT2D eigenvalue weighted by Crippen LogP contribution is -2.22. The Labute approximate surface area is 79.1 Å². The lowest BCUT2D eigenvalue weighted by atomic mass is 9.86. The van der Waals surface area contributed by atoms with Crippen LogP contribution in [0.15, 0.2) is 5.16 Å². The average Bonchev–Trinajstić information content (AvgIpc) is 2.03. The summed E-state index contributed by atoms with van der Waals surface area (Å²) in [7, 11) is 0. The highest BCUT2D eigenvalue weighted by Gasteiger charge is 2.19. The Morgan fingerprint density at radius 1 is 1.54 bits per heavy atom. The van der Waals surface area contributed by atoms with Gasteiger partial charge in [-0.3, -0.25) is 4.79 Å². The second-order valence-corrected chi connectivity index (χ2v) is 3.65. The molecule has 0 aliphatic rings. The molecule has 76 valence electrons. The van der Waals surface area contributed by atoms with Crippen molar-refractivity contribution in [1.82, 2.24) is 0 Å². The standard InChI is InChI=1S/C9H18N2O2/c1-5-9(3,4)7(2)11-13-6-8(10)12/h5-6H2,1-4H3,(H2,10,12)/b11-7+. The maximum atomic E-state index is 10.3. The van der Waals surface area contributed by atoms with Gasteiger partial charge in [0.15, 0.2) is 6.61 Å². The van der Waals surface area contributed by atoms with Gasteiger partial charge in [0.25, 0.3) is 5.91 Å². The lowest BCUT2D eigenvalue weighted by molar-refractivity contribution is -0.122. The van der Waals surface area contributed by atoms with Crippen molar-refractivity contribution in [2.75, 3.05) is 6.61 Å². The van der Waals surface area contributed by atoms with Crippen LogP contribution in [0.2, 0.25) is 0 Å². The quantitative estimate of drug-likeness (QED) is 0.519. The molecule has 1 amide bonds. The molecule has 0 aromatic heterocycles. The van der Waals surface area contributed by atoms with Gasteiger partial charge in [-0.2, -0.15) is 0 Å². The molecule has 0 saturated heterocycles. The van der Waals surface area contributed by atoms with Gasteiger partial charge in [-0.05, 0) is 13.3 Å². The Kier molecular flexibility index (Phi) is 4.45. The molecule has 0 atom stereocenters. The van der Waals surface area contributed by atoms with Crippen LogP contribution in [0.25, 0.3) is 0 Å². The van der Waals surface area contributed by atoms with Gasteiger partial charge >= 0.3 is 0 Å². The smallest absolute Gasteiger partial charge is 0.258 e. The summed E-state index contributed by atoms with van der Waals surface area (Å²) >= 11 is 0. The van der Waals surface area contributed by atoms with Crippen molar-refractivity contribution < 1.29 is 9.63 Å². The number of oxime groups is 1. The minimum atomic E-state index is -0.508. The number of hydrogen-bond donors (Lipinski definition) is 1. The van der Waals surface area contributed by atoms with Gasteiger partial charge in [0, 0.05) is 5.41 Å². The first-order valence-electron chi connectivity index (χ1n) is 4.35. The third-order valence-electron chi connectivity index (χ3n) is 2.27. The summed E-state index contributed by atoms with van der Waals surface area (Å²) in [5.41, 5.74) is 5.77.